The summed E-state index contributed by atoms with van der Waals surface area (Å²) in [5.41, 5.74) is 0.447. The van der Waals surface area contributed by atoms with E-state index >= 15 is 0 Å². The summed E-state index contributed by atoms with van der Waals surface area (Å²) >= 11 is 3.36. The number of halogens is 2. The Morgan fingerprint density at radius 1 is 1.56 bits per heavy atom. The van der Waals surface area contributed by atoms with Gasteiger partial charge in [-0.15, -0.1) is 0 Å². The van der Waals surface area contributed by atoms with E-state index in [0.29, 0.717) is 18.7 Å². The lowest BCUT2D eigenvalue weighted by atomic mass is 10.1. The summed E-state index contributed by atoms with van der Waals surface area (Å²) in [7, 11) is 1.22. The molecule has 1 amide bonds. The molecular weight excluding hydrogens is 305 g/mol. The lowest BCUT2D eigenvalue weighted by molar-refractivity contribution is -0.117. The Balaban J connectivity index is 2.44. The summed E-state index contributed by atoms with van der Waals surface area (Å²) in [6.45, 7) is 0.453. The molecule has 1 atom stereocenters. The van der Waals surface area contributed by atoms with Gasteiger partial charge in [0.2, 0.25) is 5.91 Å². The van der Waals surface area contributed by atoms with Gasteiger partial charge in [-0.2, -0.15) is 0 Å². The fourth-order valence-electron chi connectivity index (χ4n) is 1.91. The number of anilines is 1. The van der Waals surface area contributed by atoms with E-state index in [1.807, 2.05) is 0 Å². The molecule has 4 nitrogen and oxygen atoms in total. The molecule has 1 aromatic rings. The van der Waals surface area contributed by atoms with Crippen LogP contribution in [0.5, 0.6) is 0 Å². The first kappa shape index (κ1) is 13.0. The van der Waals surface area contributed by atoms with Crippen LogP contribution in [0.1, 0.15) is 16.8 Å². The minimum Gasteiger partial charge on any atom is -0.465 e. The Bertz CT molecular complexity index is 506. The van der Waals surface area contributed by atoms with Crippen molar-refractivity contribution in [2.24, 2.45) is 0 Å². The molecule has 1 aliphatic heterocycles. The van der Waals surface area contributed by atoms with Gasteiger partial charge in [-0.1, -0.05) is 15.9 Å². The second-order valence-corrected chi connectivity index (χ2v) is 5.25. The van der Waals surface area contributed by atoms with E-state index in [2.05, 4.69) is 20.7 Å². The van der Waals surface area contributed by atoms with Gasteiger partial charge >= 0.3 is 5.97 Å². The highest BCUT2D eigenvalue weighted by Gasteiger charge is 2.31. The molecule has 0 bridgehead atoms. The molecule has 0 aliphatic carbocycles. The zero-order valence-corrected chi connectivity index (χ0v) is 11.2. The molecule has 1 saturated heterocycles. The maximum Gasteiger partial charge on any atom is 0.340 e. The van der Waals surface area contributed by atoms with Crippen LogP contribution in [0.25, 0.3) is 0 Å². The van der Waals surface area contributed by atoms with Crippen LogP contribution in [0.2, 0.25) is 0 Å². The van der Waals surface area contributed by atoms with Crippen LogP contribution in [-0.4, -0.2) is 30.4 Å². The van der Waals surface area contributed by atoms with Crippen LogP contribution in [0, 0.1) is 5.82 Å². The zero-order valence-electron chi connectivity index (χ0n) is 9.65. The minimum absolute atomic E-state index is 0.0422. The summed E-state index contributed by atoms with van der Waals surface area (Å²) < 4.78 is 17.8. The molecule has 0 spiro atoms. The van der Waals surface area contributed by atoms with Crippen LogP contribution in [0.15, 0.2) is 18.2 Å². The Morgan fingerprint density at radius 2 is 2.28 bits per heavy atom. The normalized spacial score (nSPS) is 19.2. The van der Waals surface area contributed by atoms with Gasteiger partial charge < -0.3 is 9.64 Å². The monoisotopic (exact) mass is 315 g/mol. The number of alkyl halides is 1. The summed E-state index contributed by atoms with van der Waals surface area (Å²) in [4.78, 5) is 24.9. The smallest absolute Gasteiger partial charge is 0.340 e. The Morgan fingerprint density at radius 3 is 2.83 bits per heavy atom. The van der Waals surface area contributed by atoms with Crippen LogP contribution < -0.4 is 4.90 Å². The molecule has 1 fully saturated rings. The van der Waals surface area contributed by atoms with Crippen LogP contribution >= 0.6 is 15.9 Å². The number of esters is 1. The van der Waals surface area contributed by atoms with Crippen molar-refractivity contribution < 1.29 is 18.7 Å². The summed E-state index contributed by atoms with van der Waals surface area (Å²) in [6, 6.07) is 3.72. The first-order valence-electron chi connectivity index (χ1n) is 5.35. The van der Waals surface area contributed by atoms with Gasteiger partial charge in [-0.25, -0.2) is 9.18 Å². The first-order valence-corrected chi connectivity index (χ1v) is 6.27. The maximum absolute atomic E-state index is 13.2. The van der Waals surface area contributed by atoms with Crippen molar-refractivity contribution in [3.8, 4) is 0 Å². The molecule has 0 saturated carbocycles. The highest BCUT2D eigenvalue weighted by molar-refractivity contribution is 9.09. The van der Waals surface area contributed by atoms with Crippen molar-refractivity contribution in [3.05, 3.63) is 29.6 Å². The lowest BCUT2D eigenvalue weighted by Crippen LogP contribution is -2.26. The second-order valence-electron chi connectivity index (χ2n) is 3.96. The summed E-state index contributed by atoms with van der Waals surface area (Å²) in [6.07, 6.45) is 0.359. The summed E-state index contributed by atoms with van der Waals surface area (Å²) in [5, 5.41) is 0. The van der Waals surface area contributed by atoms with E-state index in [-0.39, 0.29) is 16.3 Å². The third-order valence-electron chi connectivity index (χ3n) is 2.73. The van der Waals surface area contributed by atoms with Crippen molar-refractivity contribution in [2.75, 3.05) is 18.6 Å². The minimum atomic E-state index is -0.657. The largest absolute Gasteiger partial charge is 0.465 e. The molecule has 1 heterocycles. The van der Waals surface area contributed by atoms with Gasteiger partial charge in [0.15, 0.2) is 0 Å². The van der Waals surface area contributed by atoms with E-state index in [0.717, 1.165) is 6.07 Å². The highest BCUT2D eigenvalue weighted by atomic mass is 79.9. The van der Waals surface area contributed by atoms with Crippen LogP contribution in [0.4, 0.5) is 10.1 Å². The molecule has 1 aliphatic rings. The van der Waals surface area contributed by atoms with E-state index in [1.54, 1.807) is 0 Å². The average Bonchev–Trinajstić information content (AvgIpc) is 2.67. The van der Waals surface area contributed by atoms with Crippen LogP contribution in [0.3, 0.4) is 0 Å². The number of carbonyl (C=O) groups excluding carboxylic acids is 2. The average molecular weight is 316 g/mol. The van der Waals surface area contributed by atoms with E-state index in [9.17, 15) is 14.0 Å². The molecule has 18 heavy (non-hydrogen) atoms. The third-order valence-corrected chi connectivity index (χ3v) is 3.35. The SMILES string of the molecule is COC(=O)c1cc(F)ccc1N1CC(Br)CC1=O. The molecule has 1 unspecified atom stereocenters. The fraction of sp³-hybridized carbons (Fsp3) is 0.333. The van der Waals surface area contributed by atoms with Gasteiger partial charge in [0.25, 0.3) is 0 Å². The van der Waals surface area contributed by atoms with Crippen molar-refractivity contribution in [1.82, 2.24) is 0 Å². The quantitative estimate of drug-likeness (QED) is 0.620. The first-order chi connectivity index (χ1) is 8.52. The van der Waals surface area contributed by atoms with Crippen molar-refractivity contribution in [1.29, 1.82) is 0 Å². The standard InChI is InChI=1S/C12H11BrFNO3/c1-18-12(17)9-5-8(14)2-3-10(9)15-6-7(13)4-11(15)16/h2-3,5,7H,4,6H2,1H3. The van der Waals surface area contributed by atoms with E-state index in [1.165, 1.54) is 24.1 Å². The Kier molecular flexibility index (Phi) is 3.65. The van der Waals surface area contributed by atoms with E-state index < -0.39 is 11.8 Å². The highest BCUT2D eigenvalue weighted by Crippen LogP contribution is 2.29. The molecule has 1 aromatic carbocycles. The predicted molar refractivity (Wildman–Crippen MR) is 67.4 cm³/mol. The van der Waals surface area contributed by atoms with Crippen molar-refractivity contribution >= 4 is 33.5 Å². The van der Waals surface area contributed by atoms with E-state index in [4.69, 9.17) is 0 Å². The van der Waals surface area contributed by atoms with Gasteiger partial charge in [0.05, 0.1) is 18.4 Å². The number of amides is 1. The predicted octanol–water partition coefficient (Wildman–Crippen LogP) is 2.11. The molecule has 0 N–H and O–H groups in total. The molecule has 6 heteroatoms. The molecule has 96 valence electrons. The third kappa shape index (κ3) is 2.38. The zero-order chi connectivity index (χ0) is 13.3. The number of nitrogens with zero attached hydrogens (tertiary/aromatic N) is 1. The number of hydrogen-bond acceptors (Lipinski definition) is 3. The molecule has 0 aromatic heterocycles. The number of methoxy groups -OCH3 is 1. The number of ether oxygens (including phenoxy) is 1. The molecule has 2 rings (SSSR count). The number of rotatable bonds is 2. The van der Waals surface area contributed by atoms with Crippen molar-refractivity contribution in [2.45, 2.75) is 11.2 Å². The van der Waals surface area contributed by atoms with Gasteiger partial charge in [0, 0.05) is 17.8 Å². The van der Waals surface area contributed by atoms with Gasteiger partial charge in [0.1, 0.15) is 5.82 Å². The fourth-order valence-corrected chi connectivity index (χ4v) is 2.48. The Labute approximate surface area is 112 Å². The number of benzene rings is 1. The van der Waals surface area contributed by atoms with Gasteiger partial charge in [-0.05, 0) is 18.2 Å². The lowest BCUT2D eigenvalue weighted by Gasteiger charge is -2.18. The maximum atomic E-state index is 13.2. The number of hydrogen-bond donors (Lipinski definition) is 0. The summed E-state index contributed by atoms with van der Waals surface area (Å²) in [5.74, 6) is -1.30. The molecule has 0 radical (unpaired) electrons. The Hall–Kier alpha value is -1.43. The van der Waals surface area contributed by atoms with Crippen LogP contribution in [-0.2, 0) is 9.53 Å². The topological polar surface area (TPSA) is 46.6 Å². The molecular formula is C12H11BrFNO3. The van der Waals surface area contributed by atoms with Gasteiger partial charge in [-0.3, -0.25) is 4.79 Å². The second kappa shape index (κ2) is 5.06. The number of carbonyl (C=O) groups is 2. The van der Waals surface area contributed by atoms with Crippen molar-refractivity contribution in [3.63, 3.8) is 0 Å².